The summed E-state index contributed by atoms with van der Waals surface area (Å²) in [5, 5.41) is 2.23. The van der Waals surface area contributed by atoms with E-state index in [1.54, 1.807) is 0 Å². The van der Waals surface area contributed by atoms with E-state index in [2.05, 4.69) is 23.7 Å². The number of nitrogens with one attached hydrogen (secondary N) is 1. The Morgan fingerprint density at radius 2 is 1.96 bits per heavy atom. The van der Waals surface area contributed by atoms with Gasteiger partial charge in [-0.2, -0.15) is 0 Å². The van der Waals surface area contributed by atoms with Crippen LogP contribution in [0.4, 0.5) is 5.69 Å². The zero-order valence-electron chi connectivity index (χ0n) is 16.4. The van der Waals surface area contributed by atoms with Gasteiger partial charge >= 0.3 is 5.97 Å². The van der Waals surface area contributed by atoms with Gasteiger partial charge in [0.1, 0.15) is 0 Å². The number of carbonyl (C=O) groups is 3. The Hall–Kier alpha value is -2.54. The number of Topliss-reactive ketones (excluding diaryl/α,β-unsaturated/α-hetero) is 1. The van der Waals surface area contributed by atoms with Gasteiger partial charge in [0.15, 0.2) is 6.61 Å². The van der Waals surface area contributed by atoms with Crippen molar-refractivity contribution in [2.75, 3.05) is 11.9 Å². The van der Waals surface area contributed by atoms with Crippen molar-refractivity contribution in [1.82, 2.24) is 4.57 Å². The second-order valence-corrected chi connectivity index (χ2v) is 8.37. The van der Waals surface area contributed by atoms with E-state index in [9.17, 15) is 14.4 Å². The summed E-state index contributed by atoms with van der Waals surface area (Å²) in [7, 11) is 0. The number of carbonyl (C=O) groups excluding carboxylic acids is 3. The number of fused-ring (bicyclic) bond motifs is 1. The molecule has 0 aliphatic carbocycles. The third kappa shape index (κ3) is 4.14. The first kappa shape index (κ1) is 20.2. The van der Waals surface area contributed by atoms with Crippen LogP contribution < -0.4 is 5.32 Å². The second kappa shape index (κ2) is 8.22. The lowest BCUT2D eigenvalue weighted by atomic mass is 10.1. The normalized spacial score (nSPS) is 15.9. The predicted octanol–water partition coefficient (Wildman–Crippen LogP) is 3.91. The third-order valence-electron chi connectivity index (χ3n) is 4.72. The summed E-state index contributed by atoms with van der Waals surface area (Å²) >= 11 is 1.33. The Morgan fingerprint density at radius 1 is 1.25 bits per heavy atom. The van der Waals surface area contributed by atoms with E-state index in [4.69, 9.17) is 4.74 Å². The minimum Gasteiger partial charge on any atom is -0.457 e. The predicted molar refractivity (Wildman–Crippen MR) is 109 cm³/mol. The van der Waals surface area contributed by atoms with Crippen LogP contribution in [0.3, 0.4) is 0 Å². The van der Waals surface area contributed by atoms with E-state index in [-0.39, 0.29) is 30.8 Å². The Bertz CT molecular complexity index is 932. The zero-order valence-corrected chi connectivity index (χ0v) is 17.3. The molecule has 0 spiro atoms. The molecule has 1 amide bonds. The highest BCUT2D eigenvalue weighted by molar-refractivity contribution is 8.01. The summed E-state index contributed by atoms with van der Waals surface area (Å²) in [5.41, 5.74) is 3.18. The zero-order chi connectivity index (χ0) is 20.4. The third-order valence-corrected chi connectivity index (χ3v) is 6.00. The van der Waals surface area contributed by atoms with Gasteiger partial charge in [-0.3, -0.25) is 14.4 Å². The maximum Gasteiger partial charge on any atom is 0.307 e. The number of aromatic nitrogens is 1. The van der Waals surface area contributed by atoms with Gasteiger partial charge in [-0.05, 0) is 45.9 Å². The van der Waals surface area contributed by atoms with Crippen molar-refractivity contribution in [3.8, 4) is 0 Å². The van der Waals surface area contributed by atoms with Crippen molar-refractivity contribution >= 4 is 35.1 Å². The van der Waals surface area contributed by atoms with Crippen LogP contribution in [0.5, 0.6) is 0 Å². The molecule has 7 heteroatoms. The Labute approximate surface area is 168 Å². The molecule has 148 valence electrons. The van der Waals surface area contributed by atoms with Crippen LogP contribution in [-0.2, 0) is 14.3 Å². The van der Waals surface area contributed by atoms with E-state index in [1.165, 1.54) is 11.8 Å². The maximum atomic E-state index is 12.5. The number of rotatable bonds is 6. The number of thioether (sulfide) groups is 1. The van der Waals surface area contributed by atoms with Crippen molar-refractivity contribution < 1.29 is 19.1 Å². The van der Waals surface area contributed by atoms with Crippen LogP contribution in [-0.4, -0.2) is 34.1 Å². The number of amides is 1. The quantitative estimate of drug-likeness (QED) is 0.587. The number of ether oxygens (including phenoxy) is 1. The molecule has 0 saturated heterocycles. The Morgan fingerprint density at radius 3 is 2.64 bits per heavy atom. The number of ketones is 1. The smallest absolute Gasteiger partial charge is 0.307 e. The lowest BCUT2D eigenvalue weighted by Crippen LogP contribution is -2.31. The van der Waals surface area contributed by atoms with E-state index in [0.29, 0.717) is 5.56 Å². The highest BCUT2D eigenvalue weighted by Gasteiger charge is 2.29. The molecule has 1 atom stereocenters. The van der Waals surface area contributed by atoms with E-state index in [0.717, 1.165) is 22.0 Å². The number of esters is 1. The highest BCUT2D eigenvalue weighted by atomic mass is 32.2. The number of anilines is 1. The molecule has 28 heavy (non-hydrogen) atoms. The number of hydrogen-bond donors (Lipinski definition) is 1. The average Bonchev–Trinajstić information content (AvgIpc) is 2.94. The summed E-state index contributed by atoms with van der Waals surface area (Å²) in [6, 6.07) is 9.51. The maximum absolute atomic E-state index is 12.5. The van der Waals surface area contributed by atoms with E-state index in [1.807, 2.05) is 44.2 Å². The molecular weight excluding hydrogens is 376 g/mol. The van der Waals surface area contributed by atoms with Crippen molar-refractivity contribution in [2.24, 2.45) is 0 Å². The average molecular weight is 401 g/mol. The number of nitrogens with zero attached hydrogens (tertiary/aromatic N) is 1. The van der Waals surface area contributed by atoms with Crippen LogP contribution in [0.25, 0.3) is 0 Å². The van der Waals surface area contributed by atoms with Gasteiger partial charge in [0, 0.05) is 27.9 Å². The van der Waals surface area contributed by atoms with E-state index >= 15 is 0 Å². The number of hydrogen-bond acceptors (Lipinski definition) is 5. The van der Waals surface area contributed by atoms with Crippen molar-refractivity contribution in [1.29, 1.82) is 0 Å². The van der Waals surface area contributed by atoms with Gasteiger partial charge in [0.05, 0.1) is 17.4 Å². The molecule has 3 rings (SSSR count). The van der Waals surface area contributed by atoms with Gasteiger partial charge in [0.25, 0.3) is 0 Å². The van der Waals surface area contributed by atoms with Crippen LogP contribution in [0.1, 0.15) is 48.1 Å². The first-order valence-corrected chi connectivity index (χ1v) is 10.1. The molecule has 0 bridgehead atoms. The summed E-state index contributed by atoms with van der Waals surface area (Å²) in [4.78, 5) is 37.8. The van der Waals surface area contributed by atoms with Gasteiger partial charge in [-0.25, -0.2) is 0 Å². The molecule has 6 nitrogen and oxygen atoms in total. The summed E-state index contributed by atoms with van der Waals surface area (Å²) in [6.45, 7) is 7.63. The fourth-order valence-electron chi connectivity index (χ4n) is 3.52. The highest BCUT2D eigenvalue weighted by Crippen LogP contribution is 2.36. The minimum atomic E-state index is -0.566. The molecule has 1 aromatic heterocycles. The molecule has 1 N–H and O–H groups in total. The fourth-order valence-corrected chi connectivity index (χ4v) is 4.61. The van der Waals surface area contributed by atoms with Gasteiger partial charge in [0.2, 0.25) is 11.7 Å². The Balaban J connectivity index is 1.58. The molecular formula is C21H24N2O4S. The lowest BCUT2D eigenvalue weighted by molar-refractivity contribution is -0.143. The molecule has 0 unspecified atom stereocenters. The SMILES string of the molecule is Cc1cc(C(=O)COC(=O)C[C@@H]2Sc3ccccc3NC2=O)c(C)n1C(C)C. The van der Waals surface area contributed by atoms with E-state index < -0.39 is 11.2 Å². The van der Waals surface area contributed by atoms with Crippen molar-refractivity contribution in [2.45, 2.75) is 50.3 Å². The summed E-state index contributed by atoms with van der Waals surface area (Å²) < 4.78 is 7.25. The molecule has 0 saturated carbocycles. The monoisotopic (exact) mass is 400 g/mol. The van der Waals surface area contributed by atoms with Gasteiger partial charge < -0.3 is 14.6 Å². The van der Waals surface area contributed by atoms with Gasteiger partial charge in [-0.15, -0.1) is 11.8 Å². The molecule has 2 aromatic rings. The first-order valence-electron chi connectivity index (χ1n) is 9.21. The Kier molecular flexibility index (Phi) is 5.93. The topological polar surface area (TPSA) is 77.4 Å². The van der Waals surface area contributed by atoms with Crippen LogP contribution >= 0.6 is 11.8 Å². The molecule has 1 aliphatic heterocycles. The largest absolute Gasteiger partial charge is 0.457 e. The lowest BCUT2D eigenvalue weighted by Gasteiger charge is -2.23. The summed E-state index contributed by atoms with van der Waals surface area (Å²) in [5.74, 6) is -1.02. The molecule has 0 radical (unpaired) electrons. The van der Waals surface area contributed by atoms with Crippen LogP contribution in [0.15, 0.2) is 35.2 Å². The van der Waals surface area contributed by atoms with Crippen molar-refractivity contribution in [3.63, 3.8) is 0 Å². The van der Waals surface area contributed by atoms with Gasteiger partial charge in [-0.1, -0.05) is 12.1 Å². The number of para-hydroxylation sites is 1. The number of benzene rings is 1. The molecule has 1 aliphatic rings. The van der Waals surface area contributed by atoms with Crippen LogP contribution in [0.2, 0.25) is 0 Å². The van der Waals surface area contributed by atoms with Crippen molar-refractivity contribution in [3.05, 3.63) is 47.3 Å². The molecule has 0 fully saturated rings. The summed E-state index contributed by atoms with van der Waals surface area (Å²) in [6.07, 6.45) is -0.0802. The fraction of sp³-hybridized carbons (Fsp3) is 0.381. The standard InChI is InChI=1S/C21H24N2O4S/c1-12(2)23-13(3)9-15(14(23)4)17(24)11-27-20(25)10-19-21(26)22-16-7-5-6-8-18(16)28-19/h5-9,12,19H,10-11H2,1-4H3,(H,22,26)/t19-/m0/s1. The minimum absolute atomic E-state index is 0.0802. The number of aryl methyl sites for hydroxylation is 1. The first-order chi connectivity index (χ1) is 13.3. The van der Waals surface area contributed by atoms with Crippen LogP contribution in [0, 0.1) is 13.8 Å². The second-order valence-electron chi connectivity index (χ2n) is 7.13. The molecule has 1 aromatic carbocycles. The molecule has 2 heterocycles.